The lowest BCUT2D eigenvalue weighted by Crippen LogP contribution is -2.57. The number of amides is 1. The van der Waals surface area contributed by atoms with E-state index in [2.05, 4.69) is 0 Å². The number of aliphatic hydroxyl groups is 1. The predicted octanol–water partition coefficient (Wildman–Crippen LogP) is 2.11. The molecular weight excluding hydrogens is 278 g/mol. The van der Waals surface area contributed by atoms with Crippen molar-refractivity contribution < 1.29 is 32.3 Å². The van der Waals surface area contributed by atoms with E-state index >= 15 is 0 Å². The van der Waals surface area contributed by atoms with E-state index in [1.165, 1.54) is 13.8 Å². The van der Waals surface area contributed by atoms with Gasteiger partial charge in [0.15, 0.2) is 0 Å². The summed E-state index contributed by atoms with van der Waals surface area (Å²) in [5.74, 6) is 0. The molecule has 0 aromatic carbocycles. The van der Waals surface area contributed by atoms with Gasteiger partial charge in [-0.15, -0.1) is 0 Å². The maximum atomic E-state index is 12.7. The third kappa shape index (κ3) is 3.79. The van der Waals surface area contributed by atoms with Crippen LogP contribution in [0, 0.1) is 0 Å². The van der Waals surface area contributed by atoms with Crippen molar-refractivity contribution in [2.45, 2.75) is 58.0 Å². The Morgan fingerprint density at radius 3 is 2.35 bits per heavy atom. The van der Waals surface area contributed by atoms with E-state index in [0.717, 1.165) is 4.90 Å². The first kappa shape index (κ1) is 17.1. The van der Waals surface area contributed by atoms with Crippen molar-refractivity contribution in [3.8, 4) is 0 Å². The highest BCUT2D eigenvalue weighted by Crippen LogP contribution is 2.33. The molecule has 5 nitrogen and oxygen atoms in total. The molecule has 1 aliphatic rings. The molecule has 2 atom stereocenters. The second-order valence-corrected chi connectivity index (χ2v) is 6.29. The summed E-state index contributed by atoms with van der Waals surface area (Å²) in [7, 11) is 0. The summed E-state index contributed by atoms with van der Waals surface area (Å²) in [5.41, 5.74) is -2.12. The van der Waals surface area contributed by atoms with Crippen molar-refractivity contribution in [1.29, 1.82) is 0 Å². The van der Waals surface area contributed by atoms with Gasteiger partial charge in [-0.3, -0.25) is 4.90 Å². The Labute approximate surface area is 116 Å². The number of carbonyl (C=O) groups is 1. The highest BCUT2D eigenvalue weighted by molar-refractivity contribution is 6.60. The normalized spacial score (nSPS) is 24.6. The van der Waals surface area contributed by atoms with Crippen LogP contribution < -0.4 is 0 Å². The van der Waals surface area contributed by atoms with Crippen LogP contribution >= 0.6 is 0 Å². The number of nitrogens with zero attached hydrogens (tertiary/aromatic N) is 1. The van der Waals surface area contributed by atoms with Crippen LogP contribution in [0.15, 0.2) is 0 Å². The number of carbonyl (C=O) groups excluding carboxylic acids is 1. The fourth-order valence-corrected chi connectivity index (χ4v) is 2.00. The molecule has 1 heterocycles. The molecule has 1 saturated heterocycles. The lowest BCUT2D eigenvalue weighted by Gasteiger charge is -2.38. The smallest absolute Gasteiger partial charge is 0.447 e. The van der Waals surface area contributed by atoms with Gasteiger partial charge in [0.2, 0.25) is 0 Å². The molecule has 0 aromatic heterocycles. The molecule has 0 aromatic rings. The number of ether oxygens (including phenoxy) is 2. The summed E-state index contributed by atoms with van der Waals surface area (Å²) in [6.07, 6.45) is -0.941. The second-order valence-electron chi connectivity index (χ2n) is 6.29. The number of hydrogen-bond donors (Lipinski definition) is 1. The molecule has 9 heteroatoms. The van der Waals surface area contributed by atoms with Crippen molar-refractivity contribution in [3.63, 3.8) is 0 Å². The molecule has 1 amide bonds. The van der Waals surface area contributed by atoms with E-state index in [1.54, 1.807) is 20.8 Å². The van der Waals surface area contributed by atoms with Gasteiger partial charge in [0.05, 0.1) is 12.6 Å². The maximum absolute atomic E-state index is 12.7. The van der Waals surface area contributed by atoms with Gasteiger partial charge >= 0.3 is 13.1 Å². The van der Waals surface area contributed by atoms with Gasteiger partial charge in [-0.2, -0.15) is 0 Å². The van der Waals surface area contributed by atoms with Crippen molar-refractivity contribution in [3.05, 3.63) is 0 Å². The number of aliphatic hydroxyl groups excluding tert-OH is 1. The zero-order chi connectivity index (χ0) is 15.9. The molecule has 1 fully saturated rings. The first-order valence-electron chi connectivity index (χ1n) is 6.30. The largest absolute Gasteiger partial charge is 0.508 e. The van der Waals surface area contributed by atoms with Gasteiger partial charge in [-0.05, 0) is 34.6 Å². The molecule has 0 spiro atoms. The molecule has 0 saturated carbocycles. The Balaban J connectivity index is 3.00. The second kappa shape index (κ2) is 5.11. The predicted molar refractivity (Wildman–Crippen MR) is 67.0 cm³/mol. The summed E-state index contributed by atoms with van der Waals surface area (Å²) < 4.78 is 48.4. The van der Waals surface area contributed by atoms with E-state index < -0.39 is 43.0 Å². The number of halogens is 3. The standard InChI is InChI=1S/C11H20BF3NO4/c1-10(2,3)20-9(18)16-7(6-19-11(16,4)5)8(17)12(13,14)15/h7-8,17H,6H2,1-5H3/q-1/t7-,8?/m1/s1. The molecule has 0 bridgehead atoms. The number of rotatable bonds is 2. The van der Waals surface area contributed by atoms with Crippen LogP contribution in [-0.4, -0.2) is 53.1 Å². The third-order valence-corrected chi connectivity index (χ3v) is 2.89. The summed E-state index contributed by atoms with van der Waals surface area (Å²) >= 11 is 0. The number of hydrogen-bond acceptors (Lipinski definition) is 4. The van der Waals surface area contributed by atoms with Crippen molar-refractivity contribution in [1.82, 2.24) is 4.90 Å². The quantitative estimate of drug-likeness (QED) is 0.793. The molecule has 0 aliphatic carbocycles. The van der Waals surface area contributed by atoms with E-state index in [-0.39, 0.29) is 0 Å². The SMILES string of the molecule is CC(C)(C)OC(=O)N1[C@@H](C(O)[B-](F)(F)F)COC1(C)C. The summed E-state index contributed by atoms with van der Waals surface area (Å²) in [5, 5.41) is 9.41. The molecule has 118 valence electrons. The van der Waals surface area contributed by atoms with Crippen LogP contribution in [0.4, 0.5) is 17.7 Å². The van der Waals surface area contributed by atoms with Crippen molar-refractivity contribution in [2.24, 2.45) is 0 Å². The fraction of sp³-hybridized carbons (Fsp3) is 0.909. The topological polar surface area (TPSA) is 59.0 Å². The van der Waals surface area contributed by atoms with Gasteiger partial charge < -0.3 is 27.5 Å². The lowest BCUT2D eigenvalue weighted by molar-refractivity contribution is -0.0660. The summed E-state index contributed by atoms with van der Waals surface area (Å²) in [6, 6.07) is -4.12. The monoisotopic (exact) mass is 298 g/mol. The molecule has 0 radical (unpaired) electrons. The lowest BCUT2D eigenvalue weighted by atomic mass is 9.77. The minimum absolute atomic E-state index is 0.394. The van der Waals surface area contributed by atoms with Crippen LogP contribution in [0.5, 0.6) is 0 Å². The zero-order valence-corrected chi connectivity index (χ0v) is 12.2. The maximum Gasteiger partial charge on any atom is 0.508 e. The van der Waals surface area contributed by atoms with E-state index in [1.807, 2.05) is 0 Å². The molecular formula is C11H20BF3NO4-. The van der Waals surface area contributed by atoms with Crippen LogP contribution in [0.25, 0.3) is 0 Å². The average molecular weight is 298 g/mol. The van der Waals surface area contributed by atoms with Crippen molar-refractivity contribution in [2.75, 3.05) is 6.61 Å². The summed E-state index contributed by atoms with van der Waals surface area (Å²) in [4.78, 5) is 12.9. The fourth-order valence-electron chi connectivity index (χ4n) is 2.00. The molecule has 1 rings (SSSR count). The van der Waals surface area contributed by atoms with E-state index in [4.69, 9.17) is 9.47 Å². The van der Waals surface area contributed by atoms with Gasteiger partial charge in [0.25, 0.3) is 0 Å². The van der Waals surface area contributed by atoms with Gasteiger partial charge in [-0.1, -0.05) is 0 Å². The Kier molecular flexibility index (Phi) is 4.36. The van der Waals surface area contributed by atoms with Crippen LogP contribution in [0.1, 0.15) is 34.6 Å². The van der Waals surface area contributed by atoms with E-state index in [0.29, 0.717) is 0 Å². The minimum Gasteiger partial charge on any atom is -0.447 e. The minimum atomic E-state index is -5.50. The first-order valence-corrected chi connectivity index (χ1v) is 6.30. The molecule has 1 N–H and O–H groups in total. The first-order chi connectivity index (χ1) is 8.76. The van der Waals surface area contributed by atoms with Crippen molar-refractivity contribution >= 4 is 13.1 Å². The van der Waals surface area contributed by atoms with E-state index in [9.17, 15) is 22.8 Å². The highest BCUT2D eigenvalue weighted by Gasteiger charge is 2.52. The Morgan fingerprint density at radius 2 is 1.95 bits per heavy atom. The molecule has 1 unspecified atom stereocenters. The van der Waals surface area contributed by atoms with Crippen LogP contribution in [0.2, 0.25) is 0 Å². The molecule has 1 aliphatic heterocycles. The Morgan fingerprint density at radius 1 is 1.45 bits per heavy atom. The van der Waals surface area contributed by atoms with Gasteiger partial charge in [-0.25, -0.2) is 4.79 Å². The third-order valence-electron chi connectivity index (χ3n) is 2.89. The summed E-state index contributed by atoms with van der Waals surface area (Å²) in [6.45, 7) is 1.82. The molecule has 20 heavy (non-hydrogen) atoms. The van der Waals surface area contributed by atoms with Crippen LogP contribution in [0.3, 0.4) is 0 Å². The van der Waals surface area contributed by atoms with Crippen LogP contribution in [-0.2, 0) is 9.47 Å². The van der Waals surface area contributed by atoms with Gasteiger partial charge in [0, 0.05) is 6.00 Å². The highest BCUT2D eigenvalue weighted by atomic mass is 19.4. The Hall–Kier alpha value is -0.955. The average Bonchev–Trinajstić information content (AvgIpc) is 2.48. The zero-order valence-electron chi connectivity index (χ0n) is 12.2. The van der Waals surface area contributed by atoms with Gasteiger partial charge in [0.1, 0.15) is 11.3 Å². The Bertz CT molecular complexity index is 381.